The Morgan fingerprint density at radius 2 is 1.56 bits per heavy atom. The molecule has 2 N–H and O–H groups in total. The van der Waals surface area contributed by atoms with Gasteiger partial charge in [0.05, 0.1) is 17.2 Å². The van der Waals surface area contributed by atoms with E-state index in [0.717, 1.165) is 0 Å². The predicted molar refractivity (Wildman–Crippen MR) is 110 cm³/mol. The van der Waals surface area contributed by atoms with Crippen molar-refractivity contribution in [3.63, 3.8) is 0 Å². The molecule has 0 unspecified atom stereocenters. The molecule has 0 atom stereocenters. The van der Waals surface area contributed by atoms with Crippen molar-refractivity contribution in [3.05, 3.63) is 89.5 Å². The van der Waals surface area contributed by atoms with Crippen LogP contribution >= 0.6 is 11.8 Å². The highest BCUT2D eigenvalue weighted by atomic mass is 32.2. The lowest BCUT2D eigenvalue weighted by molar-refractivity contribution is -0.118. The van der Waals surface area contributed by atoms with Gasteiger partial charge in [-0.05, 0) is 34.4 Å². The number of carbonyl (C=O) groups excluding carboxylic acids is 1. The number of aromatic hydroxyl groups is 1. The molecule has 1 aliphatic carbocycles. The number of nitrogens with one attached hydrogen (secondary N) is 1. The van der Waals surface area contributed by atoms with Gasteiger partial charge in [-0.2, -0.15) is 5.10 Å². The van der Waals surface area contributed by atoms with Crippen LogP contribution in [-0.4, -0.2) is 23.0 Å². The van der Waals surface area contributed by atoms with E-state index in [1.54, 1.807) is 36.0 Å². The van der Waals surface area contributed by atoms with E-state index < -0.39 is 0 Å². The highest BCUT2D eigenvalue weighted by molar-refractivity contribution is 8.00. The molecule has 4 rings (SSSR count). The standard InChI is InChI=1S/C22H18N2O2S/c25-20-12-6-1-7-15(20)13-23-24-21(26)14-27-22-18-10-4-2-8-16(18)17-9-3-5-11-19(17)22/h1-13,22,25H,14H2,(H,24,26)/b23-13-. The number of hydrogen-bond acceptors (Lipinski definition) is 4. The largest absolute Gasteiger partial charge is 0.507 e. The molecule has 1 aliphatic rings. The van der Waals surface area contributed by atoms with Crippen LogP contribution in [-0.2, 0) is 4.79 Å². The third-order valence-electron chi connectivity index (χ3n) is 4.49. The molecule has 0 bridgehead atoms. The molecular weight excluding hydrogens is 356 g/mol. The lowest BCUT2D eigenvalue weighted by Crippen LogP contribution is -2.20. The topological polar surface area (TPSA) is 61.7 Å². The first-order chi connectivity index (χ1) is 13.2. The summed E-state index contributed by atoms with van der Waals surface area (Å²) < 4.78 is 0. The predicted octanol–water partition coefficient (Wildman–Crippen LogP) is 4.35. The Morgan fingerprint density at radius 3 is 2.22 bits per heavy atom. The summed E-state index contributed by atoms with van der Waals surface area (Å²) in [5.74, 6) is 0.253. The number of hydrogen-bond donors (Lipinski definition) is 2. The second-order valence-electron chi connectivity index (χ2n) is 6.22. The minimum Gasteiger partial charge on any atom is -0.507 e. The molecule has 1 amide bonds. The van der Waals surface area contributed by atoms with Gasteiger partial charge in [-0.15, -0.1) is 11.8 Å². The van der Waals surface area contributed by atoms with E-state index in [9.17, 15) is 9.90 Å². The number of fused-ring (bicyclic) bond motifs is 3. The van der Waals surface area contributed by atoms with E-state index in [-0.39, 0.29) is 16.9 Å². The Hall–Kier alpha value is -3.05. The number of para-hydroxylation sites is 1. The Labute approximate surface area is 161 Å². The van der Waals surface area contributed by atoms with Crippen LogP contribution in [0.4, 0.5) is 0 Å². The van der Waals surface area contributed by atoms with Crippen LogP contribution in [0.2, 0.25) is 0 Å². The van der Waals surface area contributed by atoms with E-state index in [1.807, 2.05) is 24.3 Å². The first-order valence-electron chi connectivity index (χ1n) is 8.64. The van der Waals surface area contributed by atoms with Gasteiger partial charge >= 0.3 is 0 Å². The molecule has 3 aromatic rings. The maximum absolute atomic E-state index is 12.2. The summed E-state index contributed by atoms with van der Waals surface area (Å²) in [4.78, 5) is 12.2. The number of thioether (sulfide) groups is 1. The molecule has 4 nitrogen and oxygen atoms in total. The van der Waals surface area contributed by atoms with Gasteiger partial charge in [-0.3, -0.25) is 4.79 Å². The summed E-state index contributed by atoms with van der Waals surface area (Å²) in [6, 6.07) is 23.5. The van der Waals surface area contributed by atoms with Crippen molar-refractivity contribution in [1.82, 2.24) is 5.43 Å². The average molecular weight is 374 g/mol. The maximum Gasteiger partial charge on any atom is 0.250 e. The van der Waals surface area contributed by atoms with Gasteiger partial charge in [0.15, 0.2) is 0 Å². The summed E-state index contributed by atoms with van der Waals surface area (Å²) in [7, 11) is 0. The molecule has 27 heavy (non-hydrogen) atoms. The number of benzene rings is 3. The summed E-state index contributed by atoms with van der Waals surface area (Å²) in [5.41, 5.74) is 8.06. The Morgan fingerprint density at radius 1 is 0.963 bits per heavy atom. The number of phenols is 1. The number of carbonyl (C=O) groups is 1. The highest BCUT2D eigenvalue weighted by Crippen LogP contribution is 2.49. The third-order valence-corrected chi connectivity index (χ3v) is 5.76. The summed E-state index contributed by atoms with van der Waals surface area (Å²) >= 11 is 1.59. The lowest BCUT2D eigenvalue weighted by Gasteiger charge is -2.12. The minimum absolute atomic E-state index is 0.129. The van der Waals surface area contributed by atoms with Crippen molar-refractivity contribution in [1.29, 1.82) is 0 Å². The van der Waals surface area contributed by atoms with Crippen LogP contribution in [0.1, 0.15) is 21.9 Å². The number of amides is 1. The lowest BCUT2D eigenvalue weighted by atomic mass is 10.1. The van der Waals surface area contributed by atoms with E-state index >= 15 is 0 Å². The van der Waals surface area contributed by atoms with Crippen LogP contribution in [0.3, 0.4) is 0 Å². The van der Waals surface area contributed by atoms with E-state index in [2.05, 4.69) is 34.8 Å². The molecule has 0 saturated carbocycles. The van der Waals surface area contributed by atoms with Crippen molar-refractivity contribution < 1.29 is 9.90 Å². The van der Waals surface area contributed by atoms with Crippen molar-refractivity contribution in [3.8, 4) is 16.9 Å². The number of nitrogens with zero attached hydrogens (tertiary/aromatic N) is 1. The fourth-order valence-electron chi connectivity index (χ4n) is 3.25. The van der Waals surface area contributed by atoms with Gasteiger partial charge in [0, 0.05) is 5.56 Å². The fraction of sp³-hybridized carbons (Fsp3) is 0.0909. The molecule has 0 heterocycles. The zero-order chi connectivity index (χ0) is 18.6. The maximum atomic E-state index is 12.2. The van der Waals surface area contributed by atoms with Crippen molar-refractivity contribution in [2.45, 2.75) is 5.25 Å². The monoisotopic (exact) mass is 374 g/mol. The van der Waals surface area contributed by atoms with Crippen LogP contribution in [0.5, 0.6) is 5.75 Å². The van der Waals surface area contributed by atoms with Crippen LogP contribution in [0, 0.1) is 0 Å². The first kappa shape index (κ1) is 17.4. The van der Waals surface area contributed by atoms with Gasteiger partial charge in [-0.1, -0.05) is 60.7 Å². The Bertz CT molecular complexity index is 971. The zero-order valence-electron chi connectivity index (χ0n) is 14.5. The zero-order valence-corrected chi connectivity index (χ0v) is 15.3. The Kier molecular flexibility index (Phi) is 4.94. The van der Waals surface area contributed by atoms with Crippen LogP contribution < -0.4 is 5.43 Å². The van der Waals surface area contributed by atoms with E-state index in [0.29, 0.717) is 11.3 Å². The summed E-state index contributed by atoms with van der Waals surface area (Å²) in [6.07, 6.45) is 1.44. The van der Waals surface area contributed by atoms with Crippen molar-refractivity contribution >= 4 is 23.9 Å². The quantitative estimate of drug-likeness (QED) is 0.516. The SMILES string of the molecule is O=C(CSC1c2ccccc2-c2ccccc21)N/N=C\c1ccccc1O. The number of hydrazone groups is 1. The van der Waals surface area contributed by atoms with E-state index in [1.165, 1.54) is 28.5 Å². The molecule has 0 spiro atoms. The number of phenolic OH excluding ortho intramolecular Hbond substituents is 1. The number of rotatable bonds is 5. The molecule has 0 saturated heterocycles. The van der Waals surface area contributed by atoms with Crippen molar-refractivity contribution in [2.75, 3.05) is 5.75 Å². The smallest absolute Gasteiger partial charge is 0.250 e. The van der Waals surface area contributed by atoms with Crippen LogP contribution in [0.15, 0.2) is 77.9 Å². The molecule has 134 valence electrons. The molecule has 0 fully saturated rings. The first-order valence-corrected chi connectivity index (χ1v) is 9.68. The van der Waals surface area contributed by atoms with Gasteiger partial charge in [-0.25, -0.2) is 5.43 Å². The molecule has 3 aromatic carbocycles. The van der Waals surface area contributed by atoms with Gasteiger partial charge in [0.1, 0.15) is 5.75 Å². The van der Waals surface area contributed by atoms with Gasteiger partial charge in [0.2, 0.25) is 5.91 Å². The normalized spacial score (nSPS) is 12.7. The fourth-order valence-corrected chi connectivity index (χ4v) is 4.40. The summed E-state index contributed by atoms with van der Waals surface area (Å²) in [5, 5.41) is 13.8. The second kappa shape index (κ2) is 7.68. The molecule has 0 aromatic heterocycles. The molecule has 0 radical (unpaired) electrons. The van der Waals surface area contributed by atoms with Gasteiger partial charge < -0.3 is 5.11 Å². The summed E-state index contributed by atoms with van der Waals surface area (Å²) in [6.45, 7) is 0. The Balaban J connectivity index is 1.42. The second-order valence-corrected chi connectivity index (χ2v) is 7.31. The molecule has 5 heteroatoms. The molecular formula is C22H18N2O2S. The van der Waals surface area contributed by atoms with Crippen molar-refractivity contribution in [2.24, 2.45) is 5.10 Å². The minimum atomic E-state index is -0.173. The van der Waals surface area contributed by atoms with Crippen LogP contribution in [0.25, 0.3) is 11.1 Å². The van der Waals surface area contributed by atoms with E-state index in [4.69, 9.17) is 0 Å². The average Bonchev–Trinajstić information content (AvgIpc) is 3.02. The highest BCUT2D eigenvalue weighted by Gasteiger charge is 2.28. The van der Waals surface area contributed by atoms with Gasteiger partial charge in [0.25, 0.3) is 0 Å². The molecule has 0 aliphatic heterocycles. The third kappa shape index (κ3) is 3.59.